The molecule has 5 nitrogen and oxygen atoms in total. The normalized spacial score (nSPS) is 10.9. The second-order valence-corrected chi connectivity index (χ2v) is 7.81. The van der Waals surface area contributed by atoms with Crippen LogP contribution in [-0.4, -0.2) is 36.7 Å². The maximum Gasteiger partial charge on any atom is 0.303 e. The van der Waals surface area contributed by atoms with Crippen LogP contribution in [0.5, 0.6) is 0 Å². The standard InChI is InChI=1S/C23H45NO4/c1-2-20-28-21-19-24-22(25)17-15-13-11-9-7-5-3-4-6-8-10-12-14-16-18-23(26)27/h2-21H2,1H3,(H,24,25)(H,26,27). The molecule has 0 aromatic heterocycles. The van der Waals surface area contributed by atoms with E-state index in [9.17, 15) is 9.59 Å². The molecule has 0 radical (unpaired) electrons. The number of hydrogen-bond donors (Lipinski definition) is 2. The van der Waals surface area contributed by atoms with Gasteiger partial charge in [0.1, 0.15) is 0 Å². The SMILES string of the molecule is CCCOCCNC(=O)CCCCCCCCCCCCCCCCC(=O)O. The number of hydrogen-bond acceptors (Lipinski definition) is 3. The molecule has 0 aliphatic carbocycles. The number of carboxylic acids is 1. The number of ether oxygens (including phenoxy) is 1. The molecular formula is C23H45NO4. The molecule has 1 amide bonds. The van der Waals surface area contributed by atoms with Gasteiger partial charge >= 0.3 is 5.97 Å². The van der Waals surface area contributed by atoms with E-state index in [-0.39, 0.29) is 5.91 Å². The summed E-state index contributed by atoms with van der Waals surface area (Å²) in [6.07, 6.45) is 18.9. The van der Waals surface area contributed by atoms with Gasteiger partial charge in [0.05, 0.1) is 6.61 Å². The lowest BCUT2D eigenvalue weighted by atomic mass is 10.0. The van der Waals surface area contributed by atoms with E-state index in [2.05, 4.69) is 12.2 Å². The van der Waals surface area contributed by atoms with Crippen molar-refractivity contribution in [1.29, 1.82) is 0 Å². The fourth-order valence-corrected chi connectivity index (χ4v) is 3.28. The Morgan fingerprint density at radius 3 is 1.54 bits per heavy atom. The minimum absolute atomic E-state index is 0.155. The third kappa shape index (κ3) is 22.9. The predicted octanol–water partition coefficient (Wildman–Crippen LogP) is 5.86. The van der Waals surface area contributed by atoms with Crippen molar-refractivity contribution >= 4 is 11.9 Å². The Morgan fingerprint density at radius 1 is 0.679 bits per heavy atom. The van der Waals surface area contributed by atoms with Gasteiger partial charge in [0.25, 0.3) is 0 Å². The molecule has 0 aromatic rings. The number of carbonyl (C=O) groups is 2. The van der Waals surface area contributed by atoms with Crippen molar-refractivity contribution in [2.45, 2.75) is 116 Å². The van der Waals surface area contributed by atoms with Crippen LogP contribution in [-0.2, 0) is 14.3 Å². The van der Waals surface area contributed by atoms with Crippen LogP contribution in [0.4, 0.5) is 0 Å². The van der Waals surface area contributed by atoms with Crippen molar-refractivity contribution in [3.8, 4) is 0 Å². The molecule has 0 saturated carbocycles. The van der Waals surface area contributed by atoms with Gasteiger partial charge in [-0.05, 0) is 19.3 Å². The number of rotatable bonds is 22. The van der Waals surface area contributed by atoms with Crippen molar-refractivity contribution in [3.63, 3.8) is 0 Å². The Bertz CT molecular complexity index is 361. The molecule has 2 N–H and O–H groups in total. The maximum absolute atomic E-state index is 11.6. The van der Waals surface area contributed by atoms with Crippen molar-refractivity contribution in [2.24, 2.45) is 0 Å². The summed E-state index contributed by atoms with van der Waals surface area (Å²) in [6, 6.07) is 0. The average molecular weight is 400 g/mol. The number of amides is 1. The van der Waals surface area contributed by atoms with Crippen LogP contribution in [0.25, 0.3) is 0 Å². The van der Waals surface area contributed by atoms with Crippen LogP contribution in [0.3, 0.4) is 0 Å². The third-order valence-electron chi connectivity index (χ3n) is 4.96. The molecule has 0 saturated heterocycles. The van der Waals surface area contributed by atoms with Gasteiger partial charge in [-0.2, -0.15) is 0 Å². The first-order chi connectivity index (χ1) is 13.7. The summed E-state index contributed by atoms with van der Waals surface area (Å²) in [4.78, 5) is 22.0. The molecule has 0 spiro atoms. The monoisotopic (exact) mass is 399 g/mol. The van der Waals surface area contributed by atoms with Gasteiger partial charge in [0.2, 0.25) is 5.91 Å². The van der Waals surface area contributed by atoms with Crippen LogP contribution < -0.4 is 5.32 Å². The second-order valence-electron chi connectivity index (χ2n) is 7.81. The Morgan fingerprint density at radius 2 is 1.11 bits per heavy atom. The number of nitrogens with one attached hydrogen (secondary N) is 1. The van der Waals surface area contributed by atoms with Gasteiger partial charge in [0, 0.05) is 26.0 Å². The van der Waals surface area contributed by atoms with Crippen molar-refractivity contribution in [2.75, 3.05) is 19.8 Å². The number of aliphatic carboxylic acids is 1. The first-order valence-corrected chi connectivity index (χ1v) is 11.7. The summed E-state index contributed by atoms with van der Waals surface area (Å²) in [5.41, 5.74) is 0. The molecule has 166 valence electrons. The zero-order chi connectivity index (χ0) is 20.7. The van der Waals surface area contributed by atoms with Gasteiger partial charge in [-0.3, -0.25) is 9.59 Å². The molecule has 0 bridgehead atoms. The molecule has 0 aliphatic rings. The van der Waals surface area contributed by atoms with E-state index in [1.165, 1.54) is 64.2 Å². The first-order valence-electron chi connectivity index (χ1n) is 11.7. The van der Waals surface area contributed by atoms with Crippen molar-refractivity contribution in [3.05, 3.63) is 0 Å². The first kappa shape index (κ1) is 26.9. The molecule has 5 heteroatoms. The van der Waals surface area contributed by atoms with Crippen LogP contribution in [0.2, 0.25) is 0 Å². The van der Waals surface area contributed by atoms with Gasteiger partial charge in [-0.1, -0.05) is 84.0 Å². The van der Waals surface area contributed by atoms with Crippen molar-refractivity contribution in [1.82, 2.24) is 5.32 Å². The number of carboxylic acid groups (broad SMARTS) is 1. The summed E-state index contributed by atoms with van der Waals surface area (Å²) < 4.78 is 5.34. The highest BCUT2D eigenvalue weighted by Gasteiger charge is 2.00. The second kappa shape index (κ2) is 22.2. The third-order valence-corrected chi connectivity index (χ3v) is 4.96. The quantitative estimate of drug-likeness (QED) is 0.224. The van der Waals surface area contributed by atoms with E-state index < -0.39 is 5.97 Å². The van der Waals surface area contributed by atoms with Gasteiger partial charge in [0.15, 0.2) is 0 Å². The topological polar surface area (TPSA) is 75.6 Å². The molecule has 0 fully saturated rings. The molecule has 0 atom stereocenters. The van der Waals surface area contributed by atoms with Crippen LogP contribution >= 0.6 is 0 Å². The van der Waals surface area contributed by atoms with Crippen LogP contribution in [0.15, 0.2) is 0 Å². The largest absolute Gasteiger partial charge is 0.481 e. The highest BCUT2D eigenvalue weighted by molar-refractivity contribution is 5.75. The van der Waals surface area contributed by atoms with E-state index in [0.29, 0.717) is 26.0 Å². The van der Waals surface area contributed by atoms with Crippen LogP contribution in [0.1, 0.15) is 116 Å². The Labute approximate surface area is 173 Å². The molecule has 0 rings (SSSR count). The molecule has 0 unspecified atom stereocenters. The minimum Gasteiger partial charge on any atom is -0.481 e. The Balaban J connectivity index is 3.11. The average Bonchev–Trinajstić information content (AvgIpc) is 2.67. The predicted molar refractivity (Wildman–Crippen MR) is 116 cm³/mol. The Hall–Kier alpha value is -1.10. The summed E-state index contributed by atoms with van der Waals surface area (Å²) in [7, 11) is 0. The van der Waals surface area contributed by atoms with Gasteiger partial charge in [-0.15, -0.1) is 0 Å². The smallest absolute Gasteiger partial charge is 0.303 e. The van der Waals surface area contributed by atoms with E-state index in [1.807, 2.05) is 0 Å². The maximum atomic E-state index is 11.6. The lowest BCUT2D eigenvalue weighted by Crippen LogP contribution is -2.27. The van der Waals surface area contributed by atoms with E-state index in [1.54, 1.807) is 0 Å². The molecule has 0 heterocycles. The lowest BCUT2D eigenvalue weighted by molar-refractivity contribution is -0.137. The molecular weight excluding hydrogens is 354 g/mol. The van der Waals surface area contributed by atoms with E-state index >= 15 is 0 Å². The molecule has 28 heavy (non-hydrogen) atoms. The highest BCUT2D eigenvalue weighted by Crippen LogP contribution is 2.13. The van der Waals surface area contributed by atoms with Gasteiger partial charge in [-0.25, -0.2) is 0 Å². The summed E-state index contributed by atoms with van der Waals surface area (Å²) in [5, 5.41) is 11.5. The summed E-state index contributed by atoms with van der Waals surface area (Å²) >= 11 is 0. The van der Waals surface area contributed by atoms with Crippen LogP contribution in [0, 0.1) is 0 Å². The highest BCUT2D eigenvalue weighted by atomic mass is 16.5. The number of carbonyl (C=O) groups excluding carboxylic acids is 1. The molecule has 0 aromatic carbocycles. The van der Waals surface area contributed by atoms with Crippen molar-refractivity contribution < 1.29 is 19.4 Å². The zero-order valence-corrected chi connectivity index (χ0v) is 18.3. The zero-order valence-electron chi connectivity index (χ0n) is 18.3. The minimum atomic E-state index is -0.672. The summed E-state index contributed by atoms with van der Waals surface area (Å²) in [6.45, 7) is 4.10. The van der Waals surface area contributed by atoms with Gasteiger partial charge < -0.3 is 15.2 Å². The fourth-order valence-electron chi connectivity index (χ4n) is 3.28. The molecule has 0 aliphatic heterocycles. The number of unbranched alkanes of at least 4 members (excludes halogenated alkanes) is 13. The van der Waals surface area contributed by atoms with E-state index in [4.69, 9.17) is 9.84 Å². The Kier molecular flexibility index (Phi) is 21.3. The van der Waals surface area contributed by atoms with E-state index in [0.717, 1.165) is 38.7 Å². The lowest BCUT2D eigenvalue weighted by Gasteiger charge is -2.06. The fraction of sp³-hybridized carbons (Fsp3) is 0.913. The summed E-state index contributed by atoms with van der Waals surface area (Å²) in [5.74, 6) is -0.517.